The average Bonchev–Trinajstić information content (AvgIpc) is 3.86. The van der Waals surface area contributed by atoms with Crippen LogP contribution in [-0.4, -0.2) is 103 Å². The Balaban J connectivity index is 1.09. The Hall–Kier alpha value is -4.47. The molecule has 0 saturated carbocycles. The predicted octanol–water partition coefficient (Wildman–Crippen LogP) is 4.51. The van der Waals surface area contributed by atoms with Gasteiger partial charge in [0.2, 0.25) is 5.91 Å². The number of phosphoric acid groups is 1. The highest BCUT2D eigenvalue weighted by Gasteiger charge is 2.56. The number of alkyl halides is 2. The van der Waals surface area contributed by atoms with Crippen molar-refractivity contribution in [2.45, 2.75) is 68.3 Å². The van der Waals surface area contributed by atoms with Gasteiger partial charge in [0.05, 0.1) is 31.5 Å². The molecule has 0 radical (unpaired) electrons. The second-order valence-corrected chi connectivity index (χ2v) is 19.1. The van der Waals surface area contributed by atoms with E-state index in [1.165, 1.54) is 23.0 Å². The van der Waals surface area contributed by atoms with E-state index in [4.69, 9.17) is 38.0 Å². The van der Waals surface area contributed by atoms with Gasteiger partial charge in [-0.25, -0.2) is 37.7 Å². The smallest absolute Gasteiger partial charge is 0.423 e. The minimum absolute atomic E-state index is 0.00849. The Bertz CT molecular complexity index is 2390. The lowest BCUT2D eigenvalue weighted by Crippen LogP contribution is -2.44. The molecule has 4 aliphatic heterocycles. The summed E-state index contributed by atoms with van der Waals surface area (Å²) in [6, 6.07) is 13.0. The Morgan fingerprint density at radius 3 is 2.42 bits per heavy atom. The van der Waals surface area contributed by atoms with Gasteiger partial charge in [-0.15, -0.1) is 0 Å². The number of anilines is 1. The number of rotatable bonds is 7. The van der Waals surface area contributed by atoms with Crippen LogP contribution in [-0.2, 0) is 52.0 Å². The molecule has 2 aromatic heterocycles. The molecule has 3 N–H and O–H groups in total. The number of nitrogen functional groups attached to an aromatic ring is 1. The topological polar surface area (TPSA) is 243 Å². The van der Waals surface area contributed by atoms with Crippen LogP contribution < -0.4 is 10.5 Å². The highest BCUT2D eigenvalue weighted by Crippen LogP contribution is 2.65. The minimum Gasteiger partial charge on any atom is -0.423 e. The number of hydrogen-bond donors (Lipinski definition) is 2. The summed E-state index contributed by atoms with van der Waals surface area (Å²) in [7, 11) is -5.25. The Morgan fingerprint density at radius 2 is 1.68 bits per heavy atom. The zero-order chi connectivity index (χ0) is 41.6. The lowest BCUT2D eigenvalue weighted by Gasteiger charge is -2.28. The van der Waals surface area contributed by atoms with Crippen LogP contribution in [0.15, 0.2) is 73.5 Å². The number of carbonyl (C=O) groups is 3. The van der Waals surface area contributed by atoms with Gasteiger partial charge in [-0.3, -0.25) is 37.2 Å². The standard InChI is InChI=1S/C35H34F2N6O13P2S/c1-18-2-6-20(7-3-18)35(46)52-22-8-4-19(5-9-22)15-59-58(49)51-14-24-29(27(37)33(54-24)42-11-10-21(44)12-25(42)45)55-57(47,48)50-13-23-26(36)30(56-58)34(53-23)43-17-41-28-31(38)39-16-40-32(28)43/h2-11,16-17,23-24,26-27,29-30,33-34H,12-15H2,1H3,(H,47,48)(H2,38,39,40)/t23-,24-,26-,27-,29-,30-,33-,34-,58?/m1/s1. The number of nitrogens with two attached hydrogens (primary N) is 1. The quantitative estimate of drug-likeness (QED) is 0.112. The number of carbonyl (C=O) groups excluding carboxylic acids is 3. The number of ether oxygens (including phenoxy) is 3. The van der Waals surface area contributed by atoms with Crippen LogP contribution >= 0.6 is 26.0 Å². The summed E-state index contributed by atoms with van der Waals surface area (Å²) in [5.74, 6) is -1.84. The largest absolute Gasteiger partial charge is 0.472 e. The third-order valence-electron chi connectivity index (χ3n) is 9.62. The molecule has 1 amide bonds. The van der Waals surface area contributed by atoms with Gasteiger partial charge in [0, 0.05) is 12.0 Å². The summed E-state index contributed by atoms with van der Waals surface area (Å²) in [6.07, 6.45) is -11.1. The third-order valence-corrected chi connectivity index (χ3v) is 14.3. The van der Waals surface area contributed by atoms with Crippen molar-refractivity contribution >= 4 is 60.6 Å². The second-order valence-electron chi connectivity index (χ2n) is 13.7. The van der Waals surface area contributed by atoms with Crippen molar-refractivity contribution in [2.75, 3.05) is 18.9 Å². The second kappa shape index (κ2) is 16.5. The number of aromatic nitrogens is 4. The Labute approximate surface area is 337 Å². The van der Waals surface area contributed by atoms with E-state index in [1.807, 2.05) is 6.92 Å². The van der Waals surface area contributed by atoms with Crippen LogP contribution in [0.25, 0.3) is 11.2 Å². The van der Waals surface area contributed by atoms with Crippen LogP contribution in [0.5, 0.6) is 5.75 Å². The fraction of sp³-hybridized carbons (Fsp3) is 0.371. The number of benzene rings is 2. The Morgan fingerprint density at radius 1 is 0.949 bits per heavy atom. The normalized spacial score (nSPS) is 32.6. The summed E-state index contributed by atoms with van der Waals surface area (Å²) in [6.45, 7) is -4.54. The summed E-state index contributed by atoms with van der Waals surface area (Å²) in [4.78, 5) is 60.9. The number of imidazole rings is 1. The van der Waals surface area contributed by atoms with E-state index < -0.39 is 101 Å². The molecule has 2 bridgehead atoms. The van der Waals surface area contributed by atoms with E-state index in [-0.39, 0.29) is 28.5 Å². The van der Waals surface area contributed by atoms with E-state index in [9.17, 15) is 28.4 Å². The maximum absolute atomic E-state index is 16.5. The highest BCUT2D eigenvalue weighted by atomic mass is 32.7. The first kappa shape index (κ1) is 41.3. The first-order valence-electron chi connectivity index (χ1n) is 17.8. The van der Waals surface area contributed by atoms with Gasteiger partial charge in [-0.1, -0.05) is 29.8 Å². The molecule has 3 fully saturated rings. The van der Waals surface area contributed by atoms with Gasteiger partial charge >= 0.3 is 20.6 Å². The van der Waals surface area contributed by atoms with Crippen LogP contribution in [0.4, 0.5) is 14.6 Å². The number of esters is 1. The first-order chi connectivity index (χ1) is 28.2. The lowest BCUT2D eigenvalue weighted by atomic mass is 10.1. The SMILES string of the molecule is Cc1ccc(C(=O)Oc2ccc(CSP3(=O)OC[C@H]4O[C@@H](N5C=CC(=O)CC5=O)[C@H](F)[C@@H]4OP(=O)(O)OC[C@H]4O[C@@H](n5cnc6c(N)ncnc65)[C@H](O3)[C@@H]4F)cc2)cc1. The van der Waals surface area contributed by atoms with Crippen molar-refractivity contribution in [3.8, 4) is 5.75 Å². The maximum Gasteiger partial charge on any atom is 0.472 e. The lowest BCUT2D eigenvalue weighted by molar-refractivity contribution is -0.146. The predicted molar refractivity (Wildman–Crippen MR) is 201 cm³/mol. The zero-order valence-corrected chi connectivity index (χ0v) is 33.2. The van der Waals surface area contributed by atoms with E-state index in [0.29, 0.717) is 22.5 Å². The van der Waals surface area contributed by atoms with Gasteiger partial charge in [-0.2, -0.15) is 0 Å². The molecule has 10 atom stereocenters. The molecular weight excluding hydrogens is 844 g/mol. The number of nitrogens with zero attached hydrogens (tertiary/aromatic N) is 5. The molecular formula is C35H34F2N6O13P2S. The van der Waals surface area contributed by atoms with Gasteiger partial charge < -0.3 is 24.8 Å². The van der Waals surface area contributed by atoms with Crippen molar-refractivity contribution in [1.82, 2.24) is 24.4 Å². The third kappa shape index (κ3) is 8.74. The van der Waals surface area contributed by atoms with Crippen molar-refractivity contribution in [3.05, 3.63) is 90.2 Å². The highest BCUT2D eigenvalue weighted by molar-refractivity contribution is 8.54. The molecule has 4 aliphatic rings. The molecule has 4 aromatic rings. The molecule has 19 nitrogen and oxygen atoms in total. The summed E-state index contributed by atoms with van der Waals surface area (Å²) in [5.41, 5.74) is 8.01. The van der Waals surface area contributed by atoms with Crippen molar-refractivity contribution in [3.63, 3.8) is 0 Å². The minimum atomic E-state index is -5.25. The number of fused-ring (bicyclic) bond motifs is 4. The van der Waals surface area contributed by atoms with Crippen LogP contribution in [0.3, 0.4) is 0 Å². The van der Waals surface area contributed by atoms with Crippen molar-refractivity contribution in [1.29, 1.82) is 0 Å². The van der Waals surface area contributed by atoms with E-state index in [1.54, 1.807) is 36.4 Å². The average molecular weight is 879 g/mol. The molecule has 0 aliphatic carbocycles. The fourth-order valence-corrected chi connectivity index (χ4v) is 10.9. The van der Waals surface area contributed by atoms with E-state index in [2.05, 4.69) is 15.0 Å². The van der Waals surface area contributed by atoms with Gasteiger partial charge in [-0.05, 0) is 54.2 Å². The molecule has 0 spiro atoms. The number of ketones is 1. The maximum atomic E-state index is 16.5. The van der Waals surface area contributed by atoms with Crippen molar-refractivity contribution < 1.29 is 69.5 Å². The number of phosphoric ester groups is 1. The first-order valence-corrected chi connectivity index (χ1v) is 22.5. The summed E-state index contributed by atoms with van der Waals surface area (Å²) < 4.78 is 101. The molecule has 312 valence electrons. The molecule has 3 saturated heterocycles. The van der Waals surface area contributed by atoms with E-state index >= 15 is 8.78 Å². The monoisotopic (exact) mass is 878 g/mol. The van der Waals surface area contributed by atoms with Gasteiger partial charge in [0.25, 0.3) is 0 Å². The number of aryl methyl sites for hydroxylation is 1. The van der Waals surface area contributed by atoms with Gasteiger partial charge in [0.1, 0.15) is 42.0 Å². The fourth-order valence-electron chi connectivity index (χ4n) is 6.60. The zero-order valence-electron chi connectivity index (χ0n) is 30.6. The molecule has 2 aromatic carbocycles. The molecule has 6 heterocycles. The van der Waals surface area contributed by atoms with Crippen LogP contribution in [0, 0.1) is 6.92 Å². The summed E-state index contributed by atoms with van der Waals surface area (Å²) >= 11 is 0.608. The van der Waals surface area contributed by atoms with Crippen LogP contribution in [0.2, 0.25) is 0 Å². The van der Waals surface area contributed by atoms with Crippen molar-refractivity contribution in [2.24, 2.45) is 0 Å². The molecule has 59 heavy (non-hydrogen) atoms. The number of allylic oxidation sites excluding steroid dienone is 1. The van der Waals surface area contributed by atoms with E-state index in [0.717, 1.165) is 29.1 Å². The molecule has 8 rings (SSSR count). The number of halogens is 2. The van der Waals surface area contributed by atoms with Crippen LogP contribution in [0.1, 0.15) is 34.1 Å². The Kier molecular flexibility index (Phi) is 11.6. The number of hydrogen-bond acceptors (Lipinski definition) is 17. The molecule has 2 unspecified atom stereocenters. The number of amides is 1. The van der Waals surface area contributed by atoms with Gasteiger partial charge in [0.15, 0.2) is 42.0 Å². The summed E-state index contributed by atoms with van der Waals surface area (Å²) in [5, 5.41) is 0. The molecule has 24 heteroatoms.